The van der Waals surface area contributed by atoms with Gasteiger partial charge in [0.15, 0.2) is 0 Å². The molecule has 0 radical (unpaired) electrons. The van der Waals surface area contributed by atoms with E-state index in [9.17, 15) is 0 Å². The standard InChI is InChI=1S/C11H14N2S/c1-13-10(7-14)5-9-3-2-8(6-12)4-11(9)13/h2-5,14H,6-7,12H2,1H3. The molecule has 0 unspecified atom stereocenters. The molecule has 1 aromatic carbocycles. The average molecular weight is 206 g/mol. The molecule has 2 rings (SSSR count). The van der Waals surface area contributed by atoms with Crippen LogP contribution in [-0.4, -0.2) is 4.57 Å². The van der Waals surface area contributed by atoms with Crippen LogP contribution in [0.1, 0.15) is 11.3 Å². The topological polar surface area (TPSA) is 30.9 Å². The van der Waals surface area contributed by atoms with Gasteiger partial charge >= 0.3 is 0 Å². The van der Waals surface area contributed by atoms with Crippen molar-refractivity contribution in [3.63, 3.8) is 0 Å². The summed E-state index contributed by atoms with van der Waals surface area (Å²) in [5, 5.41) is 1.26. The summed E-state index contributed by atoms with van der Waals surface area (Å²) in [7, 11) is 2.06. The summed E-state index contributed by atoms with van der Waals surface area (Å²) in [4.78, 5) is 0. The van der Waals surface area contributed by atoms with E-state index in [-0.39, 0.29) is 0 Å². The van der Waals surface area contributed by atoms with Crippen molar-refractivity contribution < 1.29 is 0 Å². The second kappa shape index (κ2) is 3.67. The molecule has 0 amide bonds. The number of aromatic nitrogens is 1. The molecule has 74 valence electrons. The summed E-state index contributed by atoms with van der Waals surface area (Å²) in [5.74, 6) is 0.767. The number of hydrogen-bond donors (Lipinski definition) is 2. The lowest BCUT2D eigenvalue weighted by molar-refractivity contribution is 0.909. The Morgan fingerprint density at radius 2 is 2.14 bits per heavy atom. The lowest BCUT2D eigenvalue weighted by Crippen LogP contribution is -1.97. The van der Waals surface area contributed by atoms with Crippen molar-refractivity contribution in [3.8, 4) is 0 Å². The van der Waals surface area contributed by atoms with Gasteiger partial charge in [0.05, 0.1) is 0 Å². The fourth-order valence-corrected chi connectivity index (χ4v) is 2.01. The number of fused-ring (bicyclic) bond motifs is 1. The number of nitrogens with zero attached hydrogens (tertiary/aromatic N) is 1. The van der Waals surface area contributed by atoms with E-state index in [0.29, 0.717) is 6.54 Å². The van der Waals surface area contributed by atoms with E-state index in [1.807, 2.05) is 0 Å². The van der Waals surface area contributed by atoms with Crippen molar-refractivity contribution in [1.29, 1.82) is 0 Å². The van der Waals surface area contributed by atoms with Crippen LogP contribution in [0.3, 0.4) is 0 Å². The summed E-state index contributed by atoms with van der Waals surface area (Å²) >= 11 is 4.29. The molecule has 2 aromatic rings. The van der Waals surface area contributed by atoms with Crippen LogP contribution >= 0.6 is 12.6 Å². The number of aryl methyl sites for hydroxylation is 1. The predicted molar refractivity (Wildman–Crippen MR) is 63.5 cm³/mol. The zero-order valence-electron chi connectivity index (χ0n) is 8.20. The minimum absolute atomic E-state index is 0.595. The van der Waals surface area contributed by atoms with Gasteiger partial charge in [-0.15, -0.1) is 0 Å². The van der Waals surface area contributed by atoms with Crippen molar-refractivity contribution in [3.05, 3.63) is 35.5 Å². The Hall–Kier alpha value is -0.930. The molecule has 0 atom stereocenters. The maximum atomic E-state index is 5.61. The minimum atomic E-state index is 0.595. The highest BCUT2D eigenvalue weighted by molar-refractivity contribution is 7.79. The van der Waals surface area contributed by atoms with E-state index < -0.39 is 0 Å². The molecule has 0 aliphatic rings. The highest BCUT2D eigenvalue weighted by Crippen LogP contribution is 2.21. The molecule has 0 aliphatic heterocycles. The van der Waals surface area contributed by atoms with Gasteiger partial charge in [0, 0.05) is 30.6 Å². The van der Waals surface area contributed by atoms with Crippen LogP contribution in [0.5, 0.6) is 0 Å². The van der Waals surface area contributed by atoms with Gasteiger partial charge in [0.1, 0.15) is 0 Å². The molecular formula is C11H14N2S. The third kappa shape index (κ3) is 1.42. The zero-order chi connectivity index (χ0) is 10.1. The molecule has 2 N–H and O–H groups in total. The first-order valence-electron chi connectivity index (χ1n) is 4.64. The number of rotatable bonds is 2. The zero-order valence-corrected chi connectivity index (χ0v) is 9.09. The number of benzene rings is 1. The molecule has 3 heteroatoms. The van der Waals surface area contributed by atoms with Gasteiger partial charge in [0.2, 0.25) is 0 Å². The second-order valence-corrected chi connectivity index (χ2v) is 3.77. The fourth-order valence-electron chi connectivity index (χ4n) is 1.71. The molecule has 0 bridgehead atoms. The van der Waals surface area contributed by atoms with Gasteiger partial charge in [0.25, 0.3) is 0 Å². The lowest BCUT2D eigenvalue weighted by Gasteiger charge is -2.02. The van der Waals surface area contributed by atoms with Crippen molar-refractivity contribution in [1.82, 2.24) is 4.57 Å². The maximum Gasteiger partial charge on any atom is 0.0483 e. The van der Waals surface area contributed by atoms with Crippen LogP contribution in [0.2, 0.25) is 0 Å². The molecule has 1 aromatic heterocycles. The Morgan fingerprint density at radius 1 is 1.36 bits per heavy atom. The minimum Gasteiger partial charge on any atom is -0.347 e. The summed E-state index contributed by atoms with van der Waals surface area (Å²) in [6.07, 6.45) is 0. The number of thiol groups is 1. The summed E-state index contributed by atoms with van der Waals surface area (Å²) in [6.45, 7) is 0.595. The van der Waals surface area contributed by atoms with Gasteiger partial charge < -0.3 is 10.3 Å². The van der Waals surface area contributed by atoms with E-state index in [1.54, 1.807) is 0 Å². The second-order valence-electron chi connectivity index (χ2n) is 3.45. The molecule has 0 spiro atoms. The molecule has 0 saturated heterocycles. The summed E-state index contributed by atoms with van der Waals surface area (Å²) in [6, 6.07) is 8.50. The molecule has 0 fully saturated rings. The molecule has 0 saturated carbocycles. The van der Waals surface area contributed by atoms with E-state index >= 15 is 0 Å². The quantitative estimate of drug-likeness (QED) is 0.724. The summed E-state index contributed by atoms with van der Waals surface area (Å²) < 4.78 is 2.17. The molecular weight excluding hydrogens is 192 g/mol. The fraction of sp³-hybridized carbons (Fsp3) is 0.273. The van der Waals surface area contributed by atoms with Crippen molar-refractivity contribution in [2.45, 2.75) is 12.3 Å². The van der Waals surface area contributed by atoms with Crippen molar-refractivity contribution >= 4 is 23.5 Å². The largest absolute Gasteiger partial charge is 0.347 e. The Bertz CT molecular complexity index is 460. The van der Waals surface area contributed by atoms with Crippen molar-refractivity contribution in [2.24, 2.45) is 12.8 Å². The van der Waals surface area contributed by atoms with Crippen LogP contribution in [-0.2, 0) is 19.3 Å². The normalized spacial score (nSPS) is 11.1. The van der Waals surface area contributed by atoms with Crippen LogP contribution in [0.4, 0.5) is 0 Å². The Labute approximate surface area is 89.1 Å². The Balaban J connectivity index is 2.68. The highest BCUT2D eigenvalue weighted by Gasteiger charge is 2.04. The first-order valence-corrected chi connectivity index (χ1v) is 5.27. The van der Waals surface area contributed by atoms with Crippen LogP contribution in [0, 0.1) is 0 Å². The molecule has 0 aliphatic carbocycles. The van der Waals surface area contributed by atoms with E-state index in [4.69, 9.17) is 5.73 Å². The van der Waals surface area contributed by atoms with E-state index in [0.717, 1.165) is 5.75 Å². The Kier molecular flexibility index (Phi) is 2.52. The maximum absolute atomic E-state index is 5.61. The first kappa shape index (κ1) is 9.62. The lowest BCUT2D eigenvalue weighted by atomic mass is 10.1. The van der Waals surface area contributed by atoms with Crippen LogP contribution in [0.25, 0.3) is 10.9 Å². The van der Waals surface area contributed by atoms with E-state index in [1.165, 1.54) is 22.2 Å². The van der Waals surface area contributed by atoms with Gasteiger partial charge in [-0.1, -0.05) is 12.1 Å². The molecule has 14 heavy (non-hydrogen) atoms. The Morgan fingerprint density at radius 3 is 2.79 bits per heavy atom. The summed E-state index contributed by atoms with van der Waals surface area (Å²) in [5.41, 5.74) is 9.24. The monoisotopic (exact) mass is 206 g/mol. The predicted octanol–water partition coefficient (Wildman–Crippen LogP) is 2.07. The van der Waals surface area contributed by atoms with E-state index in [2.05, 4.69) is 48.5 Å². The first-order chi connectivity index (χ1) is 6.76. The van der Waals surface area contributed by atoms with Gasteiger partial charge in [-0.2, -0.15) is 12.6 Å². The highest BCUT2D eigenvalue weighted by atomic mass is 32.1. The van der Waals surface area contributed by atoms with Gasteiger partial charge in [-0.3, -0.25) is 0 Å². The molecule has 2 nitrogen and oxygen atoms in total. The number of hydrogen-bond acceptors (Lipinski definition) is 2. The third-order valence-electron chi connectivity index (χ3n) is 2.61. The number of nitrogens with two attached hydrogens (primary N) is 1. The van der Waals surface area contributed by atoms with Crippen LogP contribution < -0.4 is 5.73 Å². The third-order valence-corrected chi connectivity index (χ3v) is 2.93. The average Bonchev–Trinajstić information content (AvgIpc) is 2.55. The van der Waals surface area contributed by atoms with Crippen molar-refractivity contribution in [2.75, 3.05) is 0 Å². The van der Waals surface area contributed by atoms with Crippen LogP contribution in [0.15, 0.2) is 24.3 Å². The SMILES string of the molecule is Cn1c(CS)cc2ccc(CN)cc21. The molecule has 1 heterocycles. The van der Waals surface area contributed by atoms with Gasteiger partial charge in [-0.25, -0.2) is 0 Å². The smallest absolute Gasteiger partial charge is 0.0483 e. The van der Waals surface area contributed by atoms with Gasteiger partial charge in [-0.05, 0) is 23.1 Å².